The first-order chi connectivity index (χ1) is 9.56. The van der Waals surface area contributed by atoms with Crippen molar-refractivity contribution in [2.45, 2.75) is 25.4 Å². The quantitative estimate of drug-likeness (QED) is 0.647. The molecule has 0 bridgehead atoms. The van der Waals surface area contributed by atoms with Crippen LogP contribution in [0.4, 0.5) is 10.5 Å². The number of nitro benzene ring substituents is 1. The summed E-state index contributed by atoms with van der Waals surface area (Å²) in [6.07, 6.45) is 0.910. The highest BCUT2D eigenvalue weighted by molar-refractivity contribution is 5.65. The third-order valence-corrected chi connectivity index (χ3v) is 3.43. The number of non-ortho nitro benzene ring substituents is 1. The van der Waals surface area contributed by atoms with Crippen molar-refractivity contribution in [3.8, 4) is 0 Å². The lowest BCUT2D eigenvalue weighted by Crippen LogP contribution is -2.47. The molecule has 108 valence electrons. The molecule has 0 saturated carbocycles. The second-order valence-corrected chi connectivity index (χ2v) is 4.87. The molecule has 1 fully saturated rings. The Hall–Kier alpha value is -2.15. The number of hydrogen-bond donors (Lipinski definition) is 2. The third-order valence-electron chi connectivity index (χ3n) is 3.43. The van der Waals surface area contributed by atoms with Crippen LogP contribution in [-0.4, -0.2) is 40.2 Å². The molecule has 1 saturated heterocycles. The smallest absolute Gasteiger partial charge is 0.407 e. The third kappa shape index (κ3) is 3.67. The Balaban J connectivity index is 1.85. The number of piperidine rings is 1. The van der Waals surface area contributed by atoms with Gasteiger partial charge in [-0.05, 0) is 18.4 Å². The largest absolute Gasteiger partial charge is 0.465 e. The van der Waals surface area contributed by atoms with Crippen molar-refractivity contribution < 1.29 is 14.8 Å². The van der Waals surface area contributed by atoms with E-state index < -0.39 is 11.0 Å². The van der Waals surface area contributed by atoms with E-state index in [1.54, 1.807) is 12.1 Å². The van der Waals surface area contributed by atoms with Crippen LogP contribution in [0, 0.1) is 10.1 Å². The minimum atomic E-state index is -0.883. The Morgan fingerprint density at radius 2 is 2.15 bits per heavy atom. The minimum absolute atomic E-state index is 0.0727. The highest BCUT2D eigenvalue weighted by atomic mass is 16.6. The number of carboxylic acid groups (broad SMARTS) is 1. The first-order valence-electron chi connectivity index (χ1n) is 6.51. The highest BCUT2D eigenvalue weighted by Gasteiger charge is 2.22. The summed E-state index contributed by atoms with van der Waals surface area (Å²) in [5, 5.41) is 22.8. The molecule has 1 aliphatic heterocycles. The molecular weight excluding hydrogens is 262 g/mol. The molecule has 1 aromatic carbocycles. The molecule has 1 aromatic rings. The van der Waals surface area contributed by atoms with E-state index in [1.807, 2.05) is 0 Å². The van der Waals surface area contributed by atoms with Crippen LogP contribution in [0.25, 0.3) is 0 Å². The monoisotopic (exact) mass is 279 g/mol. The Morgan fingerprint density at radius 1 is 1.45 bits per heavy atom. The van der Waals surface area contributed by atoms with Gasteiger partial charge in [0.2, 0.25) is 0 Å². The first kappa shape index (κ1) is 14.3. The number of likely N-dealkylation sites (tertiary alicyclic amines) is 1. The van der Waals surface area contributed by atoms with E-state index >= 15 is 0 Å². The summed E-state index contributed by atoms with van der Waals surface area (Å²) in [5.41, 5.74) is 1.02. The summed E-state index contributed by atoms with van der Waals surface area (Å²) in [6.45, 7) is 1.66. The number of rotatable bonds is 4. The maximum absolute atomic E-state index is 10.9. The zero-order valence-corrected chi connectivity index (χ0v) is 11.0. The number of benzene rings is 1. The van der Waals surface area contributed by atoms with E-state index in [-0.39, 0.29) is 11.7 Å². The number of nitrogens with one attached hydrogen (secondary N) is 1. The zero-order chi connectivity index (χ0) is 14.5. The number of nitrogens with zero attached hydrogens (tertiary/aromatic N) is 2. The second-order valence-electron chi connectivity index (χ2n) is 4.87. The molecule has 20 heavy (non-hydrogen) atoms. The second kappa shape index (κ2) is 6.33. The normalized spacial score (nSPS) is 18.8. The molecule has 1 aliphatic rings. The molecule has 2 N–H and O–H groups in total. The van der Waals surface area contributed by atoms with Gasteiger partial charge in [-0.2, -0.15) is 0 Å². The first-order valence-corrected chi connectivity index (χ1v) is 6.51. The van der Waals surface area contributed by atoms with Gasteiger partial charge in [-0.1, -0.05) is 12.1 Å². The van der Waals surface area contributed by atoms with Gasteiger partial charge in [0, 0.05) is 37.8 Å². The zero-order valence-electron chi connectivity index (χ0n) is 11.0. The molecule has 2 rings (SSSR count). The van der Waals surface area contributed by atoms with Crippen molar-refractivity contribution in [2.75, 3.05) is 13.1 Å². The number of hydrogen-bond acceptors (Lipinski definition) is 4. The van der Waals surface area contributed by atoms with Gasteiger partial charge in [-0.15, -0.1) is 0 Å². The maximum Gasteiger partial charge on any atom is 0.407 e. The molecule has 0 spiro atoms. The Labute approximate surface area is 116 Å². The van der Waals surface area contributed by atoms with Gasteiger partial charge < -0.3 is 15.3 Å². The van der Waals surface area contributed by atoms with Gasteiger partial charge in [-0.3, -0.25) is 10.1 Å². The SMILES string of the molecule is O=C(O)N1CCC[C@@H](NCc2ccc([N+](=O)[O-])cc2)C1. The maximum atomic E-state index is 10.9. The fraction of sp³-hybridized carbons (Fsp3) is 0.462. The molecule has 7 heteroatoms. The van der Waals surface area contributed by atoms with Crippen molar-refractivity contribution in [1.82, 2.24) is 10.2 Å². The molecule has 1 heterocycles. The van der Waals surface area contributed by atoms with Gasteiger partial charge >= 0.3 is 6.09 Å². The lowest BCUT2D eigenvalue weighted by Gasteiger charge is -2.31. The van der Waals surface area contributed by atoms with Gasteiger partial charge in [0.25, 0.3) is 5.69 Å². The summed E-state index contributed by atoms with van der Waals surface area (Å²) in [5.74, 6) is 0. The highest BCUT2D eigenvalue weighted by Crippen LogP contribution is 2.14. The van der Waals surface area contributed by atoms with Crippen molar-refractivity contribution in [3.05, 3.63) is 39.9 Å². The van der Waals surface area contributed by atoms with Gasteiger partial charge in [-0.25, -0.2) is 4.79 Å². The standard InChI is InChI=1S/C13H17N3O4/c17-13(18)15-7-1-2-11(9-15)14-8-10-3-5-12(6-4-10)16(19)20/h3-6,11,14H,1-2,7-9H2,(H,17,18)/t11-/m1/s1. The van der Waals surface area contributed by atoms with E-state index in [0.717, 1.165) is 18.4 Å². The van der Waals surface area contributed by atoms with Crippen molar-refractivity contribution in [2.24, 2.45) is 0 Å². The molecule has 0 aromatic heterocycles. The fourth-order valence-electron chi connectivity index (χ4n) is 2.32. The van der Waals surface area contributed by atoms with Crippen molar-refractivity contribution in [3.63, 3.8) is 0 Å². The Morgan fingerprint density at radius 3 is 2.75 bits per heavy atom. The lowest BCUT2D eigenvalue weighted by molar-refractivity contribution is -0.384. The summed E-state index contributed by atoms with van der Waals surface area (Å²) in [4.78, 5) is 22.4. The van der Waals surface area contributed by atoms with Crippen LogP contribution in [0.2, 0.25) is 0 Å². The average molecular weight is 279 g/mol. The lowest BCUT2D eigenvalue weighted by atomic mass is 10.1. The molecule has 1 amide bonds. The van der Waals surface area contributed by atoms with Crippen molar-refractivity contribution >= 4 is 11.8 Å². The van der Waals surface area contributed by atoms with E-state index in [9.17, 15) is 14.9 Å². The van der Waals surface area contributed by atoms with Gasteiger partial charge in [0.15, 0.2) is 0 Å². The fourth-order valence-corrected chi connectivity index (χ4v) is 2.32. The Kier molecular flexibility index (Phi) is 4.52. The van der Waals surface area contributed by atoms with E-state index in [1.165, 1.54) is 17.0 Å². The van der Waals surface area contributed by atoms with Gasteiger partial charge in [0.05, 0.1) is 4.92 Å². The van der Waals surface area contributed by atoms with Crippen LogP contribution < -0.4 is 5.32 Å². The van der Waals surface area contributed by atoms with Gasteiger partial charge in [0.1, 0.15) is 0 Å². The summed E-state index contributed by atoms with van der Waals surface area (Å²) < 4.78 is 0. The Bertz CT molecular complexity index is 489. The molecule has 0 unspecified atom stereocenters. The predicted octanol–water partition coefficient (Wildman–Crippen LogP) is 1.83. The molecule has 7 nitrogen and oxygen atoms in total. The van der Waals surface area contributed by atoms with Crippen LogP contribution in [0.1, 0.15) is 18.4 Å². The molecular formula is C13H17N3O4. The van der Waals surface area contributed by atoms with Crippen LogP contribution >= 0.6 is 0 Å². The van der Waals surface area contributed by atoms with E-state index in [2.05, 4.69) is 5.32 Å². The van der Waals surface area contributed by atoms with Crippen molar-refractivity contribution in [1.29, 1.82) is 0 Å². The van der Waals surface area contributed by atoms with E-state index in [4.69, 9.17) is 5.11 Å². The molecule has 1 atom stereocenters. The minimum Gasteiger partial charge on any atom is -0.465 e. The van der Waals surface area contributed by atoms with Crippen LogP contribution in [0.15, 0.2) is 24.3 Å². The van der Waals surface area contributed by atoms with Crippen LogP contribution in [-0.2, 0) is 6.54 Å². The topological polar surface area (TPSA) is 95.7 Å². The summed E-state index contributed by atoms with van der Waals surface area (Å²) >= 11 is 0. The predicted molar refractivity (Wildman–Crippen MR) is 72.6 cm³/mol. The van der Waals surface area contributed by atoms with Crippen LogP contribution in [0.5, 0.6) is 0 Å². The van der Waals surface area contributed by atoms with Crippen LogP contribution in [0.3, 0.4) is 0 Å². The van der Waals surface area contributed by atoms with E-state index in [0.29, 0.717) is 19.6 Å². The summed E-state index contributed by atoms with van der Waals surface area (Å²) in [6, 6.07) is 6.50. The number of nitro groups is 1. The number of amides is 1. The average Bonchev–Trinajstić information content (AvgIpc) is 2.46. The molecule has 0 radical (unpaired) electrons. The summed E-state index contributed by atoms with van der Waals surface area (Å²) in [7, 11) is 0. The number of carbonyl (C=O) groups is 1. The molecule has 0 aliphatic carbocycles.